The third-order valence-corrected chi connectivity index (χ3v) is 4.18. The topological polar surface area (TPSA) is 23.8 Å². The van der Waals surface area contributed by atoms with Crippen molar-refractivity contribution in [2.45, 2.75) is 6.92 Å². The molecule has 0 amide bonds. The van der Waals surface area contributed by atoms with Crippen molar-refractivity contribution in [3.63, 3.8) is 0 Å². The van der Waals surface area contributed by atoms with Crippen LogP contribution < -0.4 is 0 Å². The normalized spacial score (nSPS) is 11.5. The SMILES string of the molecule is Cc1ccc(/C=C(/C#N)c2ccc3ccccc3c2)s1. The molecule has 0 N–H and O–H groups in total. The van der Waals surface area contributed by atoms with Crippen molar-refractivity contribution in [3.8, 4) is 6.07 Å². The zero-order valence-corrected chi connectivity index (χ0v) is 11.9. The van der Waals surface area contributed by atoms with Crippen LogP contribution in [0.15, 0.2) is 54.6 Å². The molecule has 0 atom stereocenters. The summed E-state index contributed by atoms with van der Waals surface area (Å²) in [6, 6.07) is 20.8. The molecule has 2 heteroatoms. The Bertz CT molecular complexity index is 834. The second kappa shape index (κ2) is 5.32. The number of thiophene rings is 1. The van der Waals surface area contributed by atoms with Crippen LogP contribution in [-0.2, 0) is 0 Å². The van der Waals surface area contributed by atoms with Crippen molar-refractivity contribution in [3.05, 3.63) is 69.9 Å². The van der Waals surface area contributed by atoms with Gasteiger partial charge >= 0.3 is 0 Å². The Morgan fingerprint density at radius 1 is 1.05 bits per heavy atom. The molecular weight excluding hydrogens is 262 g/mol. The van der Waals surface area contributed by atoms with E-state index in [0.717, 1.165) is 15.8 Å². The number of benzene rings is 2. The summed E-state index contributed by atoms with van der Waals surface area (Å²) < 4.78 is 0. The Kier molecular flexibility index (Phi) is 3.37. The molecule has 1 nitrogen and oxygen atoms in total. The van der Waals surface area contributed by atoms with Gasteiger partial charge in [-0.15, -0.1) is 11.3 Å². The summed E-state index contributed by atoms with van der Waals surface area (Å²) in [5.41, 5.74) is 1.68. The molecule has 0 radical (unpaired) electrons. The molecule has 0 aliphatic carbocycles. The van der Waals surface area contributed by atoms with E-state index in [1.165, 1.54) is 10.3 Å². The van der Waals surface area contributed by atoms with Crippen LogP contribution >= 0.6 is 11.3 Å². The van der Waals surface area contributed by atoms with Crippen molar-refractivity contribution in [1.82, 2.24) is 0 Å². The summed E-state index contributed by atoms with van der Waals surface area (Å²) >= 11 is 1.70. The highest BCUT2D eigenvalue weighted by Gasteiger charge is 2.03. The quantitative estimate of drug-likeness (QED) is 0.584. The molecule has 2 aromatic carbocycles. The van der Waals surface area contributed by atoms with Crippen LogP contribution in [0.4, 0.5) is 0 Å². The fraction of sp³-hybridized carbons (Fsp3) is 0.0556. The predicted molar refractivity (Wildman–Crippen MR) is 86.5 cm³/mol. The third-order valence-electron chi connectivity index (χ3n) is 3.23. The summed E-state index contributed by atoms with van der Waals surface area (Å²) in [5.74, 6) is 0. The Balaban J connectivity index is 2.07. The summed E-state index contributed by atoms with van der Waals surface area (Å²) in [5, 5.41) is 11.8. The number of fused-ring (bicyclic) bond motifs is 1. The Labute approximate surface area is 122 Å². The van der Waals surface area contributed by atoms with Crippen molar-refractivity contribution < 1.29 is 0 Å². The Hall–Kier alpha value is -2.37. The van der Waals surface area contributed by atoms with E-state index >= 15 is 0 Å². The summed E-state index contributed by atoms with van der Waals surface area (Å²) in [6.45, 7) is 2.07. The van der Waals surface area contributed by atoms with Gasteiger partial charge in [0.15, 0.2) is 0 Å². The molecule has 0 fully saturated rings. The van der Waals surface area contributed by atoms with Crippen LogP contribution in [0.3, 0.4) is 0 Å². The minimum Gasteiger partial charge on any atom is -0.192 e. The average Bonchev–Trinajstić information content (AvgIpc) is 2.89. The van der Waals surface area contributed by atoms with Crippen molar-refractivity contribution in [1.29, 1.82) is 5.26 Å². The van der Waals surface area contributed by atoms with E-state index in [9.17, 15) is 5.26 Å². The third kappa shape index (κ3) is 2.49. The second-order valence-electron chi connectivity index (χ2n) is 4.68. The molecule has 3 aromatic rings. The van der Waals surface area contributed by atoms with Gasteiger partial charge in [-0.3, -0.25) is 0 Å². The second-order valence-corrected chi connectivity index (χ2v) is 6.00. The number of hydrogen-bond donors (Lipinski definition) is 0. The van der Waals surface area contributed by atoms with Crippen LogP contribution in [0.5, 0.6) is 0 Å². The number of rotatable bonds is 2. The van der Waals surface area contributed by atoms with E-state index in [-0.39, 0.29) is 0 Å². The van der Waals surface area contributed by atoms with Gasteiger partial charge in [0.25, 0.3) is 0 Å². The molecule has 1 heterocycles. The van der Waals surface area contributed by atoms with Gasteiger partial charge < -0.3 is 0 Å². The molecule has 0 spiro atoms. The first-order valence-electron chi connectivity index (χ1n) is 6.44. The highest BCUT2D eigenvalue weighted by molar-refractivity contribution is 7.12. The monoisotopic (exact) mass is 275 g/mol. The molecule has 0 unspecified atom stereocenters. The number of nitriles is 1. The first-order chi connectivity index (χ1) is 9.76. The standard InChI is InChI=1S/C18H13NS/c1-13-6-9-18(20-13)11-17(12-19)16-8-7-14-4-2-3-5-15(14)10-16/h2-11H,1H3/b17-11-. The van der Waals surface area contributed by atoms with E-state index in [2.05, 4.69) is 49.4 Å². The highest BCUT2D eigenvalue weighted by atomic mass is 32.1. The molecule has 0 saturated heterocycles. The summed E-state index contributed by atoms with van der Waals surface area (Å²) in [7, 11) is 0. The predicted octanol–water partition coefficient (Wildman–Crippen LogP) is 5.27. The maximum atomic E-state index is 9.41. The van der Waals surface area contributed by atoms with Crippen LogP contribution in [0.2, 0.25) is 0 Å². The zero-order valence-electron chi connectivity index (χ0n) is 11.1. The fourth-order valence-electron chi connectivity index (χ4n) is 2.21. The molecular formula is C18H13NS. The van der Waals surface area contributed by atoms with Crippen LogP contribution in [-0.4, -0.2) is 0 Å². The van der Waals surface area contributed by atoms with Crippen LogP contribution in [0.25, 0.3) is 22.4 Å². The maximum Gasteiger partial charge on any atom is 0.0998 e. The molecule has 3 rings (SSSR count). The van der Waals surface area contributed by atoms with Crippen molar-refractivity contribution in [2.24, 2.45) is 0 Å². The lowest BCUT2D eigenvalue weighted by Gasteiger charge is -2.02. The van der Waals surface area contributed by atoms with Gasteiger partial charge in [-0.05, 0) is 47.5 Å². The molecule has 96 valence electrons. The number of allylic oxidation sites excluding steroid dienone is 1. The van der Waals surface area contributed by atoms with Gasteiger partial charge in [0.1, 0.15) is 0 Å². The van der Waals surface area contributed by atoms with Crippen LogP contribution in [0.1, 0.15) is 15.3 Å². The lowest BCUT2D eigenvalue weighted by Crippen LogP contribution is -1.82. The number of aryl methyl sites for hydroxylation is 1. The summed E-state index contributed by atoms with van der Waals surface area (Å²) in [4.78, 5) is 2.37. The molecule has 1 aromatic heterocycles. The van der Waals surface area contributed by atoms with Gasteiger partial charge in [-0.25, -0.2) is 0 Å². The first kappa shape index (κ1) is 12.7. The van der Waals surface area contributed by atoms with Gasteiger partial charge in [-0.1, -0.05) is 36.4 Å². The Morgan fingerprint density at radius 2 is 1.85 bits per heavy atom. The lowest BCUT2D eigenvalue weighted by molar-refractivity contribution is 1.53. The fourth-order valence-corrected chi connectivity index (χ4v) is 3.03. The van der Waals surface area contributed by atoms with E-state index in [4.69, 9.17) is 0 Å². The van der Waals surface area contributed by atoms with E-state index in [0.29, 0.717) is 5.57 Å². The van der Waals surface area contributed by atoms with E-state index < -0.39 is 0 Å². The lowest BCUT2D eigenvalue weighted by atomic mass is 10.0. The minimum atomic E-state index is 0.706. The Morgan fingerprint density at radius 3 is 2.55 bits per heavy atom. The van der Waals surface area contributed by atoms with Crippen molar-refractivity contribution in [2.75, 3.05) is 0 Å². The van der Waals surface area contributed by atoms with Gasteiger partial charge in [0.05, 0.1) is 11.6 Å². The highest BCUT2D eigenvalue weighted by Crippen LogP contribution is 2.25. The largest absolute Gasteiger partial charge is 0.192 e. The molecule has 0 bridgehead atoms. The molecule has 0 aliphatic heterocycles. The van der Waals surface area contributed by atoms with Crippen molar-refractivity contribution >= 4 is 33.8 Å². The number of nitrogens with zero attached hydrogens (tertiary/aromatic N) is 1. The van der Waals surface area contributed by atoms with Gasteiger partial charge in [0, 0.05) is 9.75 Å². The molecule has 0 saturated carbocycles. The van der Waals surface area contributed by atoms with Crippen LogP contribution in [0, 0.1) is 18.3 Å². The minimum absolute atomic E-state index is 0.706. The first-order valence-corrected chi connectivity index (χ1v) is 7.25. The average molecular weight is 275 g/mol. The van der Waals surface area contributed by atoms with Gasteiger partial charge in [-0.2, -0.15) is 5.26 Å². The maximum absolute atomic E-state index is 9.41. The smallest absolute Gasteiger partial charge is 0.0998 e. The molecule has 20 heavy (non-hydrogen) atoms. The summed E-state index contributed by atoms with van der Waals surface area (Å²) in [6.07, 6.45) is 1.96. The molecule has 0 aliphatic rings. The van der Waals surface area contributed by atoms with E-state index in [1.54, 1.807) is 11.3 Å². The van der Waals surface area contributed by atoms with Gasteiger partial charge in [0.2, 0.25) is 0 Å². The zero-order chi connectivity index (χ0) is 13.9. The van der Waals surface area contributed by atoms with E-state index in [1.807, 2.05) is 24.3 Å². The number of hydrogen-bond acceptors (Lipinski definition) is 2.